The number of hydrogen-bond acceptors (Lipinski definition) is 3. The van der Waals surface area contributed by atoms with Gasteiger partial charge >= 0.3 is 0 Å². The summed E-state index contributed by atoms with van der Waals surface area (Å²) in [4.78, 5) is 0. The Hall–Kier alpha value is -0.190. The van der Waals surface area contributed by atoms with Gasteiger partial charge in [-0.1, -0.05) is 0 Å². The van der Waals surface area contributed by atoms with E-state index >= 15 is 0 Å². The van der Waals surface area contributed by atoms with Crippen LogP contribution in [0.4, 0.5) is 4.39 Å². The van der Waals surface area contributed by atoms with Gasteiger partial charge in [0.2, 0.25) is 0 Å². The summed E-state index contributed by atoms with van der Waals surface area (Å²) in [6.45, 7) is -0.689. The van der Waals surface area contributed by atoms with E-state index in [4.69, 9.17) is 5.11 Å². The lowest BCUT2D eigenvalue weighted by Gasteiger charge is -2.04. The molecule has 1 atom stereocenters. The van der Waals surface area contributed by atoms with Crippen molar-refractivity contribution in [3.63, 3.8) is 0 Å². The molecule has 0 aliphatic carbocycles. The second-order valence-electron chi connectivity index (χ2n) is 1.59. The van der Waals surface area contributed by atoms with Crippen LogP contribution in [0.15, 0.2) is 0 Å². The molecule has 0 aliphatic rings. The Labute approximate surface area is 53.4 Å². The average molecular weight is 138 g/mol. The van der Waals surface area contributed by atoms with Gasteiger partial charge < -0.3 is 14.6 Å². The molecule has 0 bridgehead atoms. The Bertz CT molecular complexity index is 60.2. The number of rotatable bonds is 5. The van der Waals surface area contributed by atoms with Crippen LogP contribution in [0.3, 0.4) is 0 Å². The van der Waals surface area contributed by atoms with Gasteiger partial charge in [0.05, 0.1) is 6.61 Å². The van der Waals surface area contributed by atoms with Gasteiger partial charge in [0.15, 0.2) is 0 Å². The van der Waals surface area contributed by atoms with Crippen LogP contribution in [-0.4, -0.2) is 38.4 Å². The lowest BCUT2D eigenvalue weighted by atomic mass is 10.4. The zero-order chi connectivity index (χ0) is 7.11. The number of aliphatic hydroxyl groups is 1. The van der Waals surface area contributed by atoms with Crippen molar-refractivity contribution in [3.8, 4) is 0 Å². The molecule has 3 nitrogen and oxygen atoms in total. The Morgan fingerprint density at radius 1 is 1.67 bits per heavy atom. The fourth-order valence-electron chi connectivity index (χ4n) is 0.312. The molecule has 9 heavy (non-hydrogen) atoms. The molecular weight excluding hydrogens is 127 g/mol. The Balaban J connectivity index is 2.88. The highest BCUT2D eigenvalue weighted by Gasteiger charge is 2.00. The fourth-order valence-corrected chi connectivity index (χ4v) is 0.312. The van der Waals surface area contributed by atoms with Crippen LogP contribution in [-0.2, 0) is 9.47 Å². The van der Waals surface area contributed by atoms with Gasteiger partial charge in [-0.05, 0) is 0 Å². The lowest BCUT2D eigenvalue weighted by molar-refractivity contribution is -0.0649. The lowest BCUT2D eigenvalue weighted by Crippen LogP contribution is -2.17. The van der Waals surface area contributed by atoms with Gasteiger partial charge in [-0.25, -0.2) is 4.39 Å². The molecule has 0 radical (unpaired) electrons. The molecule has 1 N–H and O–H groups in total. The van der Waals surface area contributed by atoms with Crippen molar-refractivity contribution in [1.82, 2.24) is 0 Å². The molecule has 0 spiro atoms. The van der Waals surface area contributed by atoms with Crippen molar-refractivity contribution in [1.29, 1.82) is 0 Å². The highest BCUT2D eigenvalue weighted by molar-refractivity contribution is 4.47. The maximum atomic E-state index is 11.4. The predicted molar refractivity (Wildman–Crippen MR) is 29.8 cm³/mol. The minimum atomic E-state index is -1.01. The Morgan fingerprint density at radius 2 is 2.33 bits per heavy atom. The van der Waals surface area contributed by atoms with Crippen molar-refractivity contribution >= 4 is 0 Å². The maximum Gasteiger partial charge on any atom is 0.146 e. The first-order valence-electron chi connectivity index (χ1n) is 2.62. The molecule has 0 heterocycles. The molecule has 0 rings (SSSR count). The van der Waals surface area contributed by atoms with E-state index in [2.05, 4.69) is 9.47 Å². The van der Waals surface area contributed by atoms with Crippen LogP contribution in [0, 0.1) is 0 Å². The summed E-state index contributed by atoms with van der Waals surface area (Å²) in [6, 6.07) is 0. The number of aliphatic hydroxyl groups excluding tert-OH is 1. The molecule has 1 unspecified atom stereocenters. The van der Waals surface area contributed by atoms with Gasteiger partial charge in [0.25, 0.3) is 0 Å². The van der Waals surface area contributed by atoms with Crippen LogP contribution >= 0.6 is 0 Å². The van der Waals surface area contributed by atoms with Crippen molar-refractivity contribution < 1.29 is 19.0 Å². The van der Waals surface area contributed by atoms with Crippen LogP contribution in [0.5, 0.6) is 0 Å². The average Bonchev–Trinajstić information content (AvgIpc) is 1.89. The molecule has 0 amide bonds. The largest absolute Gasteiger partial charge is 0.388 e. The Kier molecular flexibility index (Phi) is 5.81. The second-order valence-corrected chi connectivity index (χ2v) is 1.59. The van der Waals surface area contributed by atoms with E-state index in [1.165, 1.54) is 7.11 Å². The third-order valence-electron chi connectivity index (χ3n) is 0.690. The third kappa shape index (κ3) is 5.68. The van der Waals surface area contributed by atoms with E-state index in [1.807, 2.05) is 0 Å². The number of methoxy groups -OCH3 is 1. The van der Waals surface area contributed by atoms with E-state index in [0.29, 0.717) is 0 Å². The van der Waals surface area contributed by atoms with Crippen molar-refractivity contribution in [2.45, 2.75) is 6.10 Å². The number of hydrogen-bond donors (Lipinski definition) is 1. The van der Waals surface area contributed by atoms with Crippen molar-refractivity contribution in [2.75, 3.05) is 27.2 Å². The first-order chi connectivity index (χ1) is 4.31. The molecule has 0 aromatic heterocycles. The minimum absolute atomic E-state index is 0.00958. The molecule has 56 valence electrons. The fraction of sp³-hybridized carbons (Fsp3) is 1.00. The summed E-state index contributed by atoms with van der Waals surface area (Å²) in [7, 11) is 1.46. The molecule has 0 fully saturated rings. The number of alkyl halides is 1. The maximum absolute atomic E-state index is 11.4. The summed E-state index contributed by atoms with van der Waals surface area (Å²) >= 11 is 0. The Morgan fingerprint density at radius 3 is 2.78 bits per heavy atom. The molecule has 0 saturated carbocycles. The standard InChI is InChI=1S/C5H11FO3/c1-8-4-9-3-5(7)2-6/h5,7H,2-4H2,1H3. The quantitative estimate of drug-likeness (QED) is 0.427. The van der Waals surface area contributed by atoms with Crippen LogP contribution in [0.1, 0.15) is 0 Å². The van der Waals surface area contributed by atoms with Gasteiger partial charge in [0, 0.05) is 7.11 Å². The van der Waals surface area contributed by atoms with Crippen molar-refractivity contribution in [2.24, 2.45) is 0 Å². The summed E-state index contributed by atoms with van der Waals surface area (Å²) < 4.78 is 20.5. The SMILES string of the molecule is COCOCC(O)CF. The minimum Gasteiger partial charge on any atom is -0.388 e. The van der Waals surface area contributed by atoms with Gasteiger partial charge in [-0.3, -0.25) is 0 Å². The van der Waals surface area contributed by atoms with Crippen LogP contribution < -0.4 is 0 Å². The van der Waals surface area contributed by atoms with E-state index in [0.717, 1.165) is 0 Å². The van der Waals surface area contributed by atoms with Gasteiger partial charge in [0.1, 0.15) is 19.6 Å². The topological polar surface area (TPSA) is 38.7 Å². The summed E-state index contributed by atoms with van der Waals surface area (Å²) in [6.07, 6.45) is -1.01. The first-order valence-corrected chi connectivity index (χ1v) is 2.62. The molecule has 4 heteroatoms. The molecule has 0 aromatic rings. The predicted octanol–water partition coefficient (Wildman–Crippen LogP) is -0.0627. The highest BCUT2D eigenvalue weighted by Crippen LogP contribution is 1.85. The zero-order valence-corrected chi connectivity index (χ0v) is 5.34. The zero-order valence-electron chi connectivity index (χ0n) is 5.34. The van der Waals surface area contributed by atoms with Crippen molar-refractivity contribution in [3.05, 3.63) is 0 Å². The first kappa shape index (κ1) is 8.81. The number of ether oxygens (including phenoxy) is 2. The van der Waals surface area contributed by atoms with Gasteiger partial charge in [-0.2, -0.15) is 0 Å². The summed E-state index contributed by atoms with van der Waals surface area (Å²) in [5.74, 6) is 0. The van der Waals surface area contributed by atoms with Crippen LogP contribution in [0.25, 0.3) is 0 Å². The van der Waals surface area contributed by atoms with Crippen LogP contribution in [0.2, 0.25) is 0 Å². The van der Waals surface area contributed by atoms with E-state index in [9.17, 15) is 4.39 Å². The van der Waals surface area contributed by atoms with E-state index < -0.39 is 12.8 Å². The highest BCUT2D eigenvalue weighted by atomic mass is 19.1. The van der Waals surface area contributed by atoms with E-state index in [-0.39, 0.29) is 13.4 Å². The van der Waals surface area contributed by atoms with E-state index in [1.54, 1.807) is 0 Å². The third-order valence-corrected chi connectivity index (χ3v) is 0.690. The molecular formula is C5H11FO3. The smallest absolute Gasteiger partial charge is 0.146 e. The monoisotopic (exact) mass is 138 g/mol. The molecule has 0 aromatic carbocycles. The second kappa shape index (κ2) is 5.94. The summed E-state index contributed by atoms with van der Waals surface area (Å²) in [5, 5.41) is 8.53. The van der Waals surface area contributed by atoms with Gasteiger partial charge in [-0.15, -0.1) is 0 Å². The number of halogens is 1. The summed E-state index contributed by atoms with van der Waals surface area (Å²) in [5.41, 5.74) is 0. The molecule has 0 aliphatic heterocycles. The normalized spacial score (nSPS) is 13.7. The molecule has 0 saturated heterocycles.